The number of aromatic amines is 1. The number of unbranched alkanes of at least 4 members (excludes halogenated alkanes) is 1. The Morgan fingerprint density at radius 2 is 2.04 bits per heavy atom. The lowest BCUT2D eigenvalue weighted by Crippen LogP contribution is -2.13. The fraction of sp³-hybridized carbons (Fsp3) is 0.381. The first-order chi connectivity index (χ1) is 13.0. The molecule has 1 atom stereocenters. The smallest absolute Gasteiger partial charge is 0.139 e. The predicted octanol–water partition coefficient (Wildman–Crippen LogP) is 6.14. The van der Waals surface area contributed by atoms with Crippen LogP contribution in [0.5, 0.6) is 0 Å². The summed E-state index contributed by atoms with van der Waals surface area (Å²) in [7, 11) is 0. The van der Waals surface area contributed by atoms with Gasteiger partial charge < -0.3 is 16.0 Å². The summed E-state index contributed by atoms with van der Waals surface area (Å²) in [6.07, 6.45) is 4.20. The first-order valence-corrected chi connectivity index (χ1v) is 10.3. The molecule has 144 valence electrons. The number of nitrogens with one attached hydrogen (secondary N) is 2. The van der Waals surface area contributed by atoms with Crippen LogP contribution in [-0.4, -0.2) is 16.5 Å². The number of hydrogen-bond donors (Lipinski definition) is 3. The molecule has 1 aromatic heterocycles. The van der Waals surface area contributed by atoms with Gasteiger partial charge in [-0.05, 0) is 64.7 Å². The van der Waals surface area contributed by atoms with Crippen molar-refractivity contribution in [3.63, 3.8) is 0 Å². The summed E-state index contributed by atoms with van der Waals surface area (Å²) in [6.45, 7) is 5.23. The molecule has 2 aromatic carbocycles. The summed E-state index contributed by atoms with van der Waals surface area (Å²) in [5.41, 5.74) is 11.2. The highest BCUT2D eigenvalue weighted by Crippen LogP contribution is 2.33. The number of nitrogens with two attached hydrogens (primary N) is 1. The fourth-order valence-electron chi connectivity index (χ4n) is 3.21. The molecule has 0 aliphatic rings. The Balaban J connectivity index is 2.04. The van der Waals surface area contributed by atoms with Gasteiger partial charge in [-0.2, -0.15) is 0 Å². The molecule has 6 heteroatoms. The minimum atomic E-state index is -0.281. The van der Waals surface area contributed by atoms with Gasteiger partial charge in [0, 0.05) is 28.3 Å². The number of rotatable bonds is 8. The van der Waals surface area contributed by atoms with Crippen molar-refractivity contribution in [2.45, 2.75) is 45.6 Å². The lowest BCUT2D eigenvalue weighted by molar-refractivity contribution is 0.627. The third-order valence-corrected chi connectivity index (χ3v) is 5.34. The van der Waals surface area contributed by atoms with E-state index in [1.54, 1.807) is 6.07 Å². The Kier molecular flexibility index (Phi) is 6.50. The Hall–Kier alpha value is -1.92. The minimum Gasteiger partial charge on any atom is -0.385 e. The standard InChI is InChI=1S/C21H26BrFN4/c1-3-5-9-25-18-12-20-19(11-15(18)17(24)6-4-2)26-21(27-20)14-8-7-13(23)10-16(14)22/h7-8,10-12,17,25H,3-6,9,24H2,1-2H3,(H,26,27). The zero-order valence-electron chi connectivity index (χ0n) is 15.8. The van der Waals surface area contributed by atoms with Gasteiger partial charge in [0.1, 0.15) is 11.6 Å². The number of aromatic nitrogens is 2. The van der Waals surface area contributed by atoms with Crippen molar-refractivity contribution in [2.24, 2.45) is 5.73 Å². The molecule has 0 amide bonds. The summed E-state index contributed by atoms with van der Waals surface area (Å²) < 4.78 is 14.1. The van der Waals surface area contributed by atoms with Gasteiger partial charge in [-0.1, -0.05) is 26.7 Å². The van der Waals surface area contributed by atoms with E-state index in [1.165, 1.54) is 12.1 Å². The Bertz CT molecular complexity index is 922. The molecule has 1 unspecified atom stereocenters. The monoisotopic (exact) mass is 432 g/mol. The maximum absolute atomic E-state index is 13.4. The molecule has 27 heavy (non-hydrogen) atoms. The van der Waals surface area contributed by atoms with Gasteiger partial charge >= 0.3 is 0 Å². The van der Waals surface area contributed by atoms with Crippen LogP contribution in [0.1, 0.15) is 51.1 Å². The largest absolute Gasteiger partial charge is 0.385 e. The van der Waals surface area contributed by atoms with Gasteiger partial charge in [0.15, 0.2) is 0 Å². The van der Waals surface area contributed by atoms with Crippen molar-refractivity contribution >= 4 is 32.7 Å². The average Bonchev–Trinajstić information content (AvgIpc) is 3.04. The van der Waals surface area contributed by atoms with E-state index in [-0.39, 0.29) is 11.9 Å². The highest BCUT2D eigenvalue weighted by Gasteiger charge is 2.16. The molecule has 0 radical (unpaired) electrons. The Labute approximate surface area is 167 Å². The van der Waals surface area contributed by atoms with Gasteiger partial charge in [-0.25, -0.2) is 9.37 Å². The van der Waals surface area contributed by atoms with Gasteiger partial charge in [0.2, 0.25) is 0 Å². The maximum atomic E-state index is 13.4. The summed E-state index contributed by atoms with van der Waals surface area (Å²) in [4.78, 5) is 8.08. The Morgan fingerprint density at radius 3 is 2.74 bits per heavy atom. The van der Waals surface area contributed by atoms with Crippen LogP contribution in [0, 0.1) is 5.82 Å². The van der Waals surface area contributed by atoms with Crippen LogP contribution in [0.4, 0.5) is 10.1 Å². The van der Waals surface area contributed by atoms with E-state index in [4.69, 9.17) is 10.7 Å². The molecule has 3 aromatic rings. The third kappa shape index (κ3) is 4.50. The van der Waals surface area contributed by atoms with Gasteiger partial charge in [0.25, 0.3) is 0 Å². The van der Waals surface area contributed by atoms with Crippen LogP contribution >= 0.6 is 15.9 Å². The van der Waals surface area contributed by atoms with Crippen molar-refractivity contribution in [1.82, 2.24) is 9.97 Å². The van der Waals surface area contributed by atoms with Crippen molar-refractivity contribution in [3.8, 4) is 11.4 Å². The lowest BCUT2D eigenvalue weighted by atomic mass is 10.0. The molecule has 0 aliphatic heterocycles. The number of H-pyrrole nitrogens is 1. The SMILES string of the molecule is CCCCNc1cc2nc(-c3ccc(F)cc3Br)[nH]c2cc1C(N)CCC. The Morgan fingerprint density at radius 1 is 1.22 bits per heavy atom. The van der Waals surface area contributed by atoms with Crippen molar-refractivity contribution < 1.29 is 4.39 Å². The van der Waals surface area contributed by atoms with Crippen LogP contribution in [0.15, 0.2) is 34.8 Å². The summed E-state index contributed by atoms with van der Waals surface area (Å²) >= 11 is 3.42. The van der Waals surface area contributed by atoms with Crippen LogP contribution in [0.3, 0.4) is 0 Å². The predicted molar refractivity (Wildman–Crippen MR) is 114 cm³/mol. The summed E-state index contributed by atoms with van der Waals surface area (Å²) in [5.74, 6) is 0.426. The number of hydrogen-bond acceptors (Lipinski definition) is 3. The number of anilines is 1. The van der Waals surface area contributed by atoms with Crippen molar-refractivity contribution in [1.29, 1.82) is 0 Å². The van der Waals surface area contributed by atoms with Crippen LogP contribution in [-0.2, 0) is 0 Å². The molecule has 0 fully saturated rings. The van der Waals surface area contributed by atoms with Gasteiger partial charge in [0.05, 0.1) is 11.0 Å². The van der Waals surface area contributed by atoms with E-state index >= 15 is 0 Å². The number of fused-ring (bicyclic) bond motifs is 1. The molecule has 4 nitrogen and oxygen atoms in total. The number of imidazole rings is 1. The fourth-order valence-corrected chi connectivity index (χ4v) is 3.75. The molecular weight excluding hydrogens is 407 g/mol. The first kappa shape index (κ1) is 19.8. The molecule has 0 spiro atoms. The van der Waals surface area contributed by atoms with E-state index in [0.717, 1.165) is 60.1 Å². The molecule has 0 saturated carbocycles. The molecule has 0 bridgehead atoms. The third-order valence-electron chi connectivity index (χ3n) is 4.68. The quantitative estimate of drug-likeness (QED) is 0.374. The first-order valence-electron chi connectivity index (χ1n) is 9.52. The van der Waals surface area contributed by atoms with Gasteiger partial charge in [-0.3, -0.25) is 0 Å². The topological polar surface area (TPSA) is 66.7 Å². The van der Waals surface area contributed by atoms with E-state index in [2.05, 4.69) is 52.2 Å². The molecule has 3 rings (SSSR count). The zero-order valence-corrected chi connectivity index (χ0v) is 17.4. The highest BCUT2D eigenvalue weighted by molar-refractivity contribution is 9.10. The summed E-state index contributed by atoms with van der Waals surface area (Å²) in [5, 5.41) is 3.52. The maximum Gasteiger partial charge on any atom is 0.139 e. The average molecular weight is 433 g/mol. The minimum absolute atomic E-state index is 0.0205. The number of nitrogens with zero attached hydrogens (tertiary/aromatic N) is 1. The zero-order chi connectivity index (χ0) is 19.4. The van der Waals surface area contributed by atoms with Crippen LogP contribution < -0.4 is 11.1 Å². The van der Waals surface area contributed by atoms with E-state index in [1.807, 2.05) is 0 Å². The van der Waals surface area contributed by atoms with Crippen LogP contribution in [0.25, 0.3) is 22.4 Å². The second-order valence-corrected chi connectivity index (χ2v) is 7.70. The molecule has 1 heterocycles. The van der Waals surface area contributed by atoms with Crippen LogP contribution in [0.2, 0.25) is 0 Å². The molecule has 4 N–H and O–H groups in total. The van der Waals surface area contributed by atoms with E-state index in [0.29, 0.717) is 10.3 Å². The second kappa shape index (κ2) is 8.85. The second-order valence-electron chi connectivity index (χ2n) is 6.84. The number of halogens is 2. The van der Waals surface area contributed by atoms with E-state index < -0.39 is 0 Å². The lowest BCUT2D eigenvalue weighted by Gasteiger charge is -2.17. The molecular formula is C21H26BrFN4. The number of benzene rings is 2. The van der Waals surface area contributed by atoms with E-state index in [9.17, 15) is 4.39 Å². The molecule has 0 aliphatic carbocycles. The van der Waals surface area contributed by atoms with Gasteiger partial charge in [-0.15, -0.1) is 0 Å². The highest BCUT2D eigenvalue weighted by atomic mass is 79.9. The molecule has 0 saturated heterocycles. The normalized spacial score (nSPS) is 12.5. The summed E-state index contributed by atoms with van der Waals surface area (Å²) in [6, 6.07) is 8.75. The van der Waals surface area contributed by atoms with Crippen molar-refractivity contribution in [3.05, 3.63) is 46.2 Å². The van der Waals surface area contributed by atoms with Crippen molar-refractivity contribution in [2.75, 3.05) is 11.9 Å².